The van der Waals surface area contributed by atoms with E-state index in [9.17, 15) is 15.0 Å². The number of carbonyl (C=O) groups excluding carboxylic acids is 1. The van der Waals surface area contributed by atoms with Gasteiger partial charge in [0.2, 0.25) is 0 Å². The highest BCUT2D eigenvalue weighted by molar-refractivity contribution is 6.00. The van der Waals surface area contributed by atoms with Crippen molar-refractivity contribution in [3.63, 3.8) is 0 Å². The van der Waals surface area contributed by atoms with Gasteiger partial charge in [0.25, 0.3) is 0 Å². The fourth-order valence-electron chi connectivity index (χ4n) is 2.47. The lowest BCUT2D eigenvalue weighted by Crippen LogP contribution is -2.55. The first kappa shape index (κ1) is 13.1. The van der Waals surface area contributed by atoms with Crippen LogP contribution in [-0.2, 0) is 4.79 Å². The molecule has 0 saturated heterocycles. The number of carbonyl (C=O) groups is 1. The molecule has 0 unspecified atom stereocenters. The highest BCUT2D eigenvalue weighted by Gasteiger charge is 2.52. The van der Waals surface area contributed by atoms with Gasteiger partial charge in [-0.2, -0.15) is 0 Å². The van der Waals surface area contributed by atoms with Gasteiger partial charge in [-0.05, 0) is 31.9 Å². The summed E-state index contributed by atoms with van der Waals surface area (Å²) in [5.74, 6) is -0.319. The lowest BCUT2D eigenvalue weighted by atomic mass is 9.62. The molecule has 1 rings (SSSR count). The second-order valence-corrected chi connectivity index (χ2v) is 5.08. The van der Waals surface area contributed by atoms with Crippen LogP contribution in [0.3, 0.4) is 0 Å². The van der Waals surface area contributed by atoms with Crippen molar-refractivity contribution < 1.29 is 15.0 Å². The Kier molecular flexibility index (Phi) is 3.41. The standard InChI is InChI=1S/C13H20O3/c1-5-6-11(15)13(16)9(2)7-10(14)8-12(13,3)4/h5-7,10,14,16H,8H2,1-4H3/b6-5+/t10-,13-/m0/s1. The van der Waals surface area contributed by atoms with Gasteiger partial charge in [0, 0.05) is 5.41 Å². The van der Waals surface area contributed by atoms with Crippen LogP contribution in [0.15, 0.2) is 23.8 Å². The van der Waals surface area contributed by atoms with Gasteiger partial charge in [-0.25, -0.2) is 0 Å². The van der Waals surface area contributed by atoms with Crippen molar-refractivity contribution in [2.75, 3.05) is 0 Å². The molecule has 90 valence electrons. The Hall–Kier alpha value is -0.930. The van der Waals surface area contributed by atoms with Crippen LogP contribution in [-0.4, -0.2) is 27.7 Å². The molecule has 16 heavy (non-hydrogen) atoms. The third-order valence-electron chi connectivity index (χ3n) is 3.39. The summed E-state index contributed by atoms with van der Waals surface area (Å²) in [6.07, 6.45) is 4.36. The molecule has 3 heteroatoms. The zero-order valence-corrected chi connectivity index (χ0v) is 10.3. The molecule has 0 aromatic rings. The molecule has 0 radical (unpaired) electrons. The summed E-state index contributed by atoms with van der Waals surface area (Å²) >= 11 is 0. The Morgan fingerprint density at radius 1 is 1.56 bits per heavy atom. The SMILES string of the molecule is C/C=C/C(=O)[C@@]1(O)C(C)=C[C@H](O)CC1(C)C. The molecule has 3 nitrogen and oxygen atoms in total. The molecule has 0 amide bonds. The van der Waals surface area contributed by atoms with E-state index in [1.54, 1.807) is 39.8 Å². The van der Waals surface area contributed by atoms with E-state index < -0.39 is 17.1 Å². The van der Waals surface area contributed by atoms with Crippen molar-refractivity contribution in [1.82, 2.24) is 0 Å². The summed E-state index contributed by atoms with van der Waals surface area (Å²) < 4.78 is 0. The molecule has 0 heterocycles. The van der Waals surface area contributed by atoms with Crippen molar-refractivity contribution in [3.8, 4) is 0 Å². The Balaban J connectivity index is 3.27. The first-order chi connectivity index (χ1) is 7.25. The minimum Gasteiger partial charge on any atom is -0.389 e. The van der Waals surface area contributed by atoms with Gasteiger partial charge >= 0.3 is 0 Å². The molecular weight excluding hydrogens is 204 g/mol. The van der Waals surface area contributed by atoms with Crippen LogP contribution >= 0.6 is 0 Å². The molecule has 0 aromatic heterocycles. The number of hydrogen-bond acceptors (Lipinski definition) is 3. The minimum absolute atomic E-state index is 0.319. The van der Waals surface area contributed by atoms with Gasteiger partial charge < -0.3 is 10.2 Å². The maximum absolute atomic E-state index is 12.0. The Morgan fingerprint density at radius 2 is 2.12 bits per heavy atom. The van der Waals surface area contributed by atoms with Crippen molar-refractivity contribution in [2.45, 2.75) is 45.8 Å². The van der Waals surface area contributed by atoms with Crippen LogP contribution in [0.5, 0.6) is 0 Å². The van der Waals surface area contributed by atoms with Crippen LogP contribution in [0, 0.1) is 5.41 Å². The minimum atomic E-state index is -1.50. The average Bonchev–Trinajstić information content (AvgIpc) is 2.13. The lowest BCUT2D eigenvalue weighted by molar-refractivity contribution is -0.143. The van der Waals surface area contributed by atoms with Crippen molar-refractivity contribution >= 4 is 5.78 Å². The van der Waals surface area contributed by atoms with E-state index in [4.69, 9.17) is 0 Å². The monoisotopic (exact) mass is 224 g/mol. The molecule has 0 aliphatic heterocycles. The van der Waals surface area contributed by atoms with E-state index in [0.29, 0.717) is 12.0 Å². The molecule has 0 aromatic carbocycles. The summed E-state index contributed by atoms with van der Waals surface area (Å²) in [4.78, 5) is 12.0. The molecular formula is C13H20O3. The largest absolute Gasteiger partial charge is 0.389 e. The Labute approximate surface area is 96.5 Å². The highest BCUT2D eigenvalue weighted by Crippen LogP contribution is 2.45. The van der Waals surface area contributed by atoms with E-state index in [0.717, 1.165) is 0 Å². The Bertz CT molecular complexity index is 352. The number of allylic oxidation sites excluding steroid dienone is 1. The lowest BCUT2D eigenvalue weighted by Gasteiger charge is -2.45. The fourth-order valence-corrected chi connectivity index (χ4v) is 2.47. The number of hydrogen-bond donors (Lipinski definition) is 2. The number of rotatable bonds is 2. The van der Waals surface area contributed by atoms with Crippen LogP contribution in [0.25, 0.3) is 0 Å². The van der Waals surface area contributed by atoms with Gasteiger partial charge in [-0.1, -0.05) is 26.0 Å². The summed E-state index contributed by atoms with van der Waals surface area (Å²) in [5.41, 5.74) is -1.64. The van der Waals surface area contributed by atoms with E-state index in [1.165, 1.54) is 6.08 Å². The summed E-state index contributed by atoms with van der Waals surface area (Å²) in [7, 11) is 0. The second kappa shape index (κ2) is 4.15. The predicted octanol–water partition coefficient (Wildman–Crippen LogP) is 1.60. The van der Waals surface area contributed by atoms with Crippen LogP contribution in [0.1, 0.15) is 34.1 Å². The van der Waals surface area contributed by atoms with Gasteiger partial charge in [0.1, 0.15) is 0 Å². The molecule has 0 fully saturated rings. The van der Waals surface area contributed by atoms with Gasteiger partial charge in [-0.15, -0.1) is 0 Å². The second-order valence-electron chi connectivity index (χ2n) is 5.08. The van der Waals surface area contributed by atoms with Crippen molar-refractivity contribution in [1.29, 1.82) is 0 Å². The van der Waals surface area contributed by atoms with Gasteiger partial charge in [-0.3, -0.25) is 4.79 Å². The quantitative estimate of drug-likeness (QED) is 0.553. The third-order valence-corrected chi connectivity index (χ3v) is 3.39. The van der Waals surface area contributed by atoms with E-state index in [1.807, 2.05) is 0 Å². The molecule has 0 bridgehead atoms. The van der Waals surface area contributed by atoms with Crippen molar-refractivity contribution in [2.24, 2.45) is 5.41 Å². The van der Waals surface area contributed by atoms with Crippen LogP contribution in [0.4, 0.5) is 0 Å². The summed E-state index contributed by atoms with van der Waals surface area (Å²) in [6.45, 7) is 7.03. The van der Waals surface area contributed by atoms with Gasteiger partial charge in [0.05, 0.1) is 6.10 Å². The first-order valence-corrected chi connectivity index (χ1v) is 5.52. The van der Waals surface area contributed by atoms with Crippen LogP contribution in [0.2, 0.25) is 0 Å². The van der Waals surface area contributed by atoms with E-state index >= 15 is 0 Å². The molecule has 2 N–H and O–H groups in total. The maximum atomic E-state index is 12.0. The molecule has 1 aliphatic carbocycles. The molecule has 0 spiro atoms. The van der Waals surface area contributed by atoms with E-state index in [-0.39, 0.29) is 5.78 Å². The summed E-state index contributed by atoms with van der Waals surface area (Å²) in [5, 5.41) is 20.2. The molecule has 0 saturated carbocycles. The number of aliphatic hydroxyl groups is 2. The van der Waals surface area contributed by atoms with Crippen molar-refractivity contribution in [3.05, 3.63) is 23.8 Å². The molecule has 1 aliphatic rings. The topological polar surface area (TPSA) is 57.5 Å². The summed E-state index contributed by atoms with van der Waals surface area (Å²) in [6, 6.07) is 0. The fraction of sp³-hybridized carbons (Fsp3) is 0.615. The zero-order valence-electron chi connectivity index (χ0n) is 10.3. The molecule has 2 atom stereocenters. The number of aliphatic hydroxyl groups excluding tert-OH is 1. The Morgan fingerprint density at radius 3 is 2.56 bits per heavy atom. The normalized spacial score (nSPS) is 33.9. The average molecular weight is 224 g/mol. The number of ketones is 1. The maximum Gasteiger partial charge on any atom is 0.191 e. The highest BCUT2D eigenvalue weighted by atomic mass is 16.3. The van der Waals surface area contributed by atoms with E-state index in [2.05, 4.69) is 0 Å². The van der Waals surface area contributed by atoms with Crippen LogP contribution < -0.4 is 0 Å². The van der Waals surface area contributed by atoms with Gasteiger partial charge in [0.15, 0.2) is 11.4 Å². The predicted molar refractivity (Wildman–Crippen MR) is 62.9 cm³/mol. The zero-order chi connectivity index (χ0) is 12.6. The smallest absolute Gasteiger partial charge is 0.191 e. The first-order valence-electron chi connectivity index (χ1n) is 5.52. The third kappa shape index (κ3) is 1.85.